The third-order valence-corrected chi connectivity index (χ3v) is 7.79. The minimum Gasteiger partial charge on any atom is -0.356 e. The molecule has 1 saturated carbocycles. The Hall–Kier alpha value is -3.58. The van der Waals surface area contributed by atoms with Gasteiger partial charge in [-0.05, 0) is 24.8 Å². The molecule has 2 N–H and O–H groups in total. The molecule has 3 aromatic rings. The number of fused-ring (bicyclic) bond motifs is 1. The number of nitrogens with zero attached hydrogens (tertiary/aromatic N) is 6. The Balaban J connectivity index is 1.28. The van der Waals surface area contributed by atoms with Crippen molar-refractivity contribution in [2.24, 2.45) is 0 Å². The van der Waals surface area contributed by atoms with E-state index in [0.29, 0.717) is 41.9 Å². The first-order valence-electron chi connectivity index (χ1n) is 11.0. The van der Waals surface area contributed by atoms with Gasteiger partial charge in [-0.3, -0.25) is 4.21 Å². The minimum atomic E-state index is -1.09. The number of rotatable bonds is 5. The van der Waals surface area contributed by atoms with Gasteiger partial charge in [-0.2, -0.15) is 4.98 Å². The van der Waals surface area contributed by atoms with E-state index in [1.165, 1.54) is 0 Å². The number of aromatic nitrogens is 6. The van der Waals surface area contributed by atoms with E-state index in [2.05, 4.69) is 42.1 Å². The van der Waals surface area contributed by atoms with Gasteiger partial charge in [0.25, 0.3) is 0 Å². The van der Waals surface area contributed by atoms with E-state index in [0.717, 1.165) is 47.8 Å². The molecule has 5 heterocycles. The lowest BCUT2D eigenvalue weighted by Gasteiger charge is -2.27. The molecule has 0 bridgehead atoms. The van der Waals surface area contributed by atoms with Crippen LogP contribution in [0.2, 0.25) is 0 Å². The molecular formula is C23H22N8OS. The molecule has 0 saturated heterocycles. The van der Waals surface area contributed by atoms with Crippen molar-refractivity contribution in [2.45, 2.75) is 36.1 Å². The molecule has 10 heteroatoms. The first-order chi connectivity index (χ1) is 16.1. The van der Waals surface area contributed by atoms with E-state index in [9.17, 15) is 4.21 Å². The summed E-state index contributed by atoms with van der Waals surface area (Å²) in [4.78, 5) is 29.0. The molecule has 0 spiro atoms. The van der Waals surface area contributed by atoms with Crippen molar-refractivity contribution in [3.8, 4) is 12.3 Å². The largest absolute Gasteiger partial charge is 0.356 e. The quantitative estimate of drug-likeness (QED) is 0.559. The first kappa shape index (κ1) is 20.1. The average molecular weight is 459 g/mol. The molecule has 166 valence electrons. The lowest BCUT2D eigenvalue weighted by atomic mass is 10.1. The maximum atomic E-state index is 12.7. The van der Waals surface area contributed by atoms with Gasteiger partial charge < -0.3 is 15.2 Å². The standard InChI is InChI=1S/C23H22N8OS/c1-2-15-13-26-19(27-14-15)16-3-10-31(11-4-16)22-28-17-5-12-33(32)18(17)20(29-22)30-23(6-7-23)21-24-8-9-25-21/h1,3,8-9,13-14H,4-7,10-12H2,(H,24,25)(H,28,29,30)/t33-/m0/s1. The summed E-state index contributed by atoms with van der Waals surface area (Å²) in [5.41, 5.74) is 2.36. The van der Waals surface area contributed by atoms with Crippen LogP contribution in [0.5, 0.6) is 0 Å². The van der Waals surface area contributed by atoms with Gasteiger partial charge in [-0.1, -0.05) is 12.0 Å². The zero-order valence-corrected chi connectivity index (χ0v) is 18.7. The fraction of sp³-hybridized carbons (Fsp3) is 0.348. The van der Waals surface area contributed by atoms with Crippen LogP contribution in [-0.4, -0.2) is 53.0 Å². The average Bonchev–Trinajstić information content (AvgIpc) is 3.24. The number of anilines is 2. The molecule has 0 aromatic carbocycles. The molecule has 9 nitrogen and oxygen atoms in total. The smallest absolute Gasteiger partial charge is 0.227 e. The Kier molecular flexibility index (Phi) is 4.73. The van der Waals surface area contributed by atoms with Crippen molar-refractivity contribution in [2.75, 3.05) is 29.1 Å². The highest BCUT2D eigenvalue weighted by Crippen LogP contribution is 2.48. The molecule has 3 aliphatic rings. The predicted octanol–water partition coefficient (Wildman–Crippen LogP) is 2.03. The number of hydrogen-bond acceptors (Lipinski definition) is 8. The molecule has 6 rings (SSSR count). The summed E-state index contributed by atoms with van der Waals surface area (Å²) in [6.45, 7) is 1.40. The summed E-state index contributed by atoms with van der Waals surface area (Å²) in [7, 11) is -1.09. The Labute approximate surface area is 193 Å². The molecular weight excluding hydrogens is 436 g/mol. The summed E-state index contributed by atoms with van der Waals surface area (Å²) < 4.78 is 12.7. The summed E-state index contributed by atoms with van der Waals surface area (Å²) in [6, 6.07) is 0. The van der Waals surface area contributed by atoms with E-state index >= 15 is 0 Å². The van der Waals surface area contributed by atoms with Gasteiger partial charge >= 0.3 is 0 Å². The highest BCUT2D eigenvalue weighted by atomic mass is 32.2. The topological polar surface area (TPSA) is 113 Å². The van der Waals surface area contributed by atoms with Gasteiger partial charge in [-0.25, -0.2) is 19.9 Å². The number of nitrogens with one attached hydrogen (secondary N) is 2. The maximum Gasteiger partial charge on any atom is 0.227 e. The molecule has 2 aliphatic heterocycles. The van der Waals surface area contributed by atoms with Crippen LogP contribution >= 0.6 is 0 Å². The molecule has 0 unspecified atom stereocenters. The van der Waals surface area contributed by atoms with Crippen molar-refractivity contribution < 1.29 is 4.21 Å². The Morgan fingerprint density at radius 1 is 1.18 bits per heavy atom. The molecule has 3 aromatic heterocycles. The van der Waals surface area contributed by atoms with Gasteiger partial charge in [-0.15, -0.1) is 6.42 Å². The van der Waals surface area contributed by atoms with Gasteiger partial charge in [0.1, 0.15) is 16.5 Å². The molecule has 0 amide bonds. The maximum absolute atomic E-state index is 12.7. The van der Waals surface area contributed by atoms with E-state index in [-0.39, 0.29) is 5.54 Å². The van der Waals surface area contributed by atoms with Gasteiger partial charge in [0, 0.05) is 50.1 Å². The van der Waals surface area contributed by atoms with Crippen LogP contribution < -0.4 is 10.2 Å². The van der Waals surface area contributed by atoms with Crippen LogP contribution in [0.25, 0.3) is 5.57 Å². The number of aromatic amines is 1. The SMILES string of the molecule is C#Cc1cnc(C2=CCN(c3nc4c(c(NC5(c6ncc[nH]6)CC5)n3)[S@@](=O)CC4)CC2)nc1. The number of H-pyrrole nitrogens is 1. The second-order valence-corrected chi connectivity index (χ2v) is 9.97. The Bertz CT molecular complexity index is 1310. The molecule has 1 aliphatic carbocycles. The van der Waals surface area contributed by atoms with Crippen LogP contribution in [-0.2, 0) is 22.8 Å². The lowest BCUT2D eigenvalue weighted by molar-refractivity contribution is 0.684. The lowest BCUT2D eigenvalue weighted by Crippen LogP contribution is -2.31. The number of hydrogen-bond donors (Lipinski definition) is 2. The predicted molar refractivity (Wildman–Crippen MR) is 125 cm³/mol. The van der Waals surface area contributed by atoms with E-state index < -0.39 is 10.8 Å². The fourth-order valence-corrected chi connectivity index (χ4v) is 5.64. The van der Waals surface area contributed by atoms with Gasteiger partial charge in [0.2, 0.25) is 5.95 Å². The third kappa shape index (κ3) is 3.58. The van der Waals surface area contributed by atoms with E-state index in [1.807, 2.05) is 6.20 Å². The second kappa shape index (κ2) is 7.78. The van der Waals surface area contributed by atoms with E-state index in [4.69, 9.17) is 16.4 Å². The number of imidazole rings is 1. The van der Waals surface area contributed by atoms with Gasteiger partial charge in [0.05, 0.1) is 27.6 Å². The second-order valence-electron chi connectivity index (χ2n) is 8.46. The van der Waals surface area contributed by atoms with Crippen molar-refractivity contribution in [1.29, 1.82) is 0 Å². The van der Waals surface area contributed by atoms with Crippen LogP contribution in [0.4, 0.5) is 11.8 Å². The van der Waals surface area contributed by atoms with Crippen LogP contribution in [0.1, 0.15) is 42.2 Å². The molecule has 0 radical (unpaired) electrons. The van der Waals surface area contributed by atoms with Gasteiger partial charge in [0.15, 0.2) is 5.82 Å². The van der Waals surface area contributed by atoms with Crippen molar-refractivity contribution >= 4 is 28.1 Å². The number of aryl methyl sites for hydroxylation is 1. The van der Waals surface area contributed by atoms with Crippen molar-refractivity contribution in [3.05, 3.63) is 53.8 Å². The minimum absolute atomic E-state index is 0.271. The van der Waals surface area contributed by atoms with Crippen LogP contribution in [0.3, 0.4) is 0 Å². The highest BCUT2D eigenvalue weighted by Gasteiger charge is 2.48. The third-order valence-electron chi connectivity index (χ3n) is 6.33. The van der Waals surface area contributed by atoms with E-state index in [1.54, 1.807) is 18.6 Å². The molecule has 1 atom stereocenters. The monoisotopic (exact) mass is 458 g/mol. The zero-order chi connectivity index (χ0) is 22.4. The normalized spacial score (nSPS) is 20.6. The van der Waals surface area contributed by atoms with Crippen LogP contribution in [0.15, 0.2) is 35.8 Å². The fourth-order valence-electron chi connectivity index (χ4n) is 4.33. The Morgan fingerprint density at radius 3 is 2.70 bits per heavy atom. The summed E-state index contributed by atoms with van der Waals surface area (Å²) >= 11 is 0. The number of terminal acetylenes is 1. The zero-order valence-electron chi connectivity index (χ0n) is 17.9. The van der Waals surface area contributed by atoms with Crippen LogP contribution in [0, 0.1) is 12.3 Å². The summed E-state index contributed by atoms with van der Waals surface area (Å²) in [5, 5.41) is 3.57. The summed E-state index contributed by atoms with van der Waals surface area (Å²) in [6.07, 6.45) is 17.8. The Morgan fingerprint density at radius 2 is 2.03 bits per heavy atom. The molecule has 1 fully saturated rings. The van der Waals surface area contributed by atoms with Crippen molar-refractivity contribution in [1.82, 2.24) is 29.9 Å². The highest BCUT2D eigenvalue weighted by molar-refractivity contribution is 7.85. The molecule has 33 heavy (non-hydrogen) atoms. The summed E-state index contributed by atoms with van der Waals surface area (Å²) in [5.74, 6) is 6.05. The first-order valence-corrected chi connectivity index (χ1v) is 12.3. The van der Waals surface area contributed by atoms with Crippen molar-refractivity contribution in [3.63, 3.8) is 0 Å².